The predicted molar refractivity (Wildman–Crippen MR) is 117 cm³/mol. The number of ether oxygens (including phenoxy) is 2. The van der Waals surface area contributed by atoms with Gasteiger partial charge in [0, 0.05) is 11.3 Å². The Morgan fingerprint density at radius 2 is 1.47 bits per heavy atom. The molecule has 1 amide bonds. The van der Waals surface area contributed by atoms with E-state index in [1.165, 1.54) is 0 Å². The smallest absolute Gasteiger partial charge is 0.349 e. The minimum absolute atomic E-state index is 0.101. The number of amides is 1. The van der Waals surface area contributed by atoms with Crippen LogP contribution in [0.5, 0.6) is 11.5 Å². The molecule has 0 aliphatic rings. The molecule has 3 aromatic rings. The van der Waals surface area contributed by atoms with Crippen molar-refractivity contribution in [2.24, 2.45) is 0 Å². The minimum atomic E-state index is -0.514. The van der Waals surface area contributed by atoms with Gasteiger partial charge in [0.25, 0.3) is 5.91 Å². The Morgan fingerprint density at radius 1 is 0.833 bits per heavy atom. The predicted octanol–water partition coefficient (Wildman–Crippen LogP) is 5.22. The Bertz CT molecular complexity index is 1010. The van der Waals surface area contributed by atoms with Crippen molar-refractivity contribution in [3.8, 4) is 11.5 Å². The first-order chi connectivity index (χ1) is 14.3. The van der Waals surface area contributed by atoms with E-state index in [0.717, 1.165) is 5.56 Å². The summed E-state index contributed by atoms with van der Waals surface area (Å²) in [4.78, 5) is 24.5. The largest absolute Gasteiger partial charge is 0.482 e. The molecule has 5 nitrogen and oxygen atoms in total. The molecular weight excluding hydrogens is 378 g/mol. The van der Waals surface area contributed by atoms with Crippen molar-refractivity contribution in [2.45, 2.75) is 26.2 Å². The number of carbonyl (C=O) groups is 2. The van der Waals surface area contributed by atoms with Gasteiger partial charge in [-0.15, -0.1) is 0 Å². The van der Waals surface area contributed by atoms with Crippen LogP contribution in [0.1, 0.15) is 36.7 Å². The lowest BCUT2D eigenvalue weighted by Crippen LogP contribution is -2.20. The molecule has 0 radical (unpaired) electrons. The molecule has 0 bridgehead atoms. The van der Waals surface area contributed by atoms with Crippen LogP contribution in [0.2, 0.25) is 0 Å². The van der Waals surface area contributed by atoms with Gasteiger partial charge in [-0.2, -0.15) is 0 Å². The van der Waals surface area contributed by atoms with Crippen LogP contribution in [0.4, 0.5) is 5.69 Å². The van der Waals surface area contributed by atoms with Crippen LogP contribution in [0.15, 0.2) is 78.9 Å². The monoisotopic (exact) mass is 403 g/mol. The third kappa shape index (κ3) is 5.70. The summed E-state index contributed by atoms with van der Waals surface area (Å²) >= 11 is 0. The summed E-state index contributed by atoms with van der Waals surface area (Å²) < 4.78 is 11.0. The van der Waals surface area contributed by atoms with Gasteiger partial charge in [-0.25, -0.2) is 4.79 Å². The molecule has 0 atom stereocenters. The molecule has 3 aromatic carbocycles. The lowest BCUT2D eigenvalue weighted by molar-refractivity contribution is -0.136. The fourth-order valence-corrected chi connectivity index (χ4v) is 2.91. The summed E-state index contributed by atoms with van der Waals surface area (Å²) in [6, 6.07) is 23.2. The molecule has 30 heavy (non-hydrogen) atoms. The zero-order chi connectivity index (χ0) is 21.6. The molecule has 5 heteroatoms. The molecule has 154 valence electrons. The fraction of sp³-hybridized carbons (Fsp3) is 0.200. The van der Waals surface area contributed by atoms with Crippen molar-refractivity contribution in [3.05, 3.63) is 90.0 Å². The summed E-state index contributed by atoms with van der Waals surface area (Å²) in [5.74, 6) is 0.264. The van der Waals surface area contributed by atoms with Crippen molar-refractivity contribution in [1.82, 2.24) is 0 Å². The zero-order valence-electron chi connectivity index (χ0n) is 17.3. The second kappa shape index (κ2) is 9.27. The topological polar surface area (TPSA) is 64.6 Å². The number of para-hydroxylation sites is 2. The highest BCUT2D eigenvalue weighted by atomic mass is 16.6. The van der Waals surface area contributed by atoms with Gasteiger partial charge in [-0.3, -0.25) is 4.79 Å². The lowest BCUT2D eigenvalue weighted by atomic mass is 9.86. The molecule has 0 spiro atoms. The molecule has 1 N–H and O–H groups in total. The average Bonchev–Trinajstić information content (AvgIpc) is 2.73. The Balaban J connectivity index is 1.56. The van der Waals surface area contributed by atoms with Crippen LogP contribution in [-0.4, -0.2) is 18.5 Å². The standard InChI is InChI=1S/C25H25NO4/c1-25(2,3)21-11-7-8-12-22(21)29-17-23(27)30-20-15-13-18(14-16-20)24(28)26-19-9-5-4-6-10-19/h4-16H,17H2,1-3H3,(H,26,28). The van der Waals surface area contributed by atoms with E-state index >= 15 is 0 Å². The molecule has 0 fully saturated rings. The first kappa shape index (κ1) is 21.1. The number of carbonyl (C=O) groups excluding carboxylic acids is 2. The van der Waals surface area contributed by atoms with Crippen molar-refractivity contribution in [2.75, 3.05) is 11.9 Å². The number of esters is 1. The summed E-state index contributed by atoms with van der Waals surface area (Å²) in [6.07, 6.45) is 0. The second-order valence-electron chi connectivity index (χ2n) is 7.85. The van der Waals surface area contributed by atoms with Gasteiger partial charge in [0.15, 0.2) is 6.61 Å². The molecule has 0 aromatic heterocycles. The summed E-state index contributed by atoms with van der Waals surface area (Å²) in [6.45, 7) is 6.05. The van der Waals surface area contributed by atoms with Gasteiger partial charge in [0.1, 0.15) is 11.5 Å². The van der Waals surface area contributed by atoms with Crippen molar-refractivity contribution >= 4 is 17.6 Å². The highest BCUT2D eigenvalue weighted by Gasteiger charge is 2.19. The third-order valence-corrected chi connectivity index (χ3v) is 4.42. The van der Waals surface area contributed by atoms with E-state index in [0.29, 0.717) is 22.7 Å². The second-order valence-corrected chi connectivity index (χ2v) is 7.85. The van der Waals surface area contributed by atoms with Gasteiger partial charge < -0.3 is 14.8 Å². The maximum Gasteiger partial charge on any atom is 0.349 e. The molecule has 0 heterocycles. The number of anilines is 1. The zero-order valence-corrected chi connectivity index (χ0v) is 17.3. The maximum atomic E-state index is 12.3. The molecule has 0 aliphatic heterocycles. The summed E-state index contributed by atoms with van der Waals surface area (Å²) in [5, 5.41) is 2.81. The Morgan fingerprint density at radius 3 is 2.13 bits per heavy atom. The van der Waals surface area contributed by atoms with E-state index in [1.807, 2.05) is 54.6 Å². The van der Waals surface area contributed by atoms with Crippen LogP contribution >= 0.6 is 0 Å². The SMILES string of the molecule is CC(C)(C)c1ccccc1OCC(=O)Oc1ccc(C(=O)Nc2ccccc2)cc1. The van der Waals surface area contributed by atoms with Gasteiger partial charge in [0.05, 0.1) is 0 Å². The molecular formula is C25H25NO4. The number of hydrogen-bond donors (Lipinski definition) is 1. The van der Waals surface area contributed by atoms with Gasteiger partial charge in [-0.1, -0.05) is 57.2 Å². The van der Waals surface area contributed by atoms with Crippen LogP contribution in [0, 0.1) is 0 Å². The minimum Gasteiger partial charge on any atom is -0.482 e. The number of rotatable bonds is 6. The molecule has 0 unspecified atom stereocenters. The van der Waals surface area contributed by atoms with Crippen LogP contribution < -0.4 is 14.8 Å². The fourth-order valence-electron chi connectivity index (χ4n) is 2.91. The lowest BCUT2D eigenvalue weighted by Gasteiger charge is -2.22. The van der Waals surface area contributed by atoms with Crippen molar-refractivity contribution in [3.63, 3.8) is 0 Å². The molecule has 3 rings (SSSR count). The summed E-state index contributed by atoms with van der Waals surface area (Å²) in [5.41, 5.74) is 2.10. The molecule has 0 saturated heterocycles. The van der Waals surface area contributed by atoms with E-state index in [-0.39, 0.29) is 17.9 Å². The number of hydrogen-bond acceptors (Lipinski definition) is 4. The van der Waals surface area contributed by atoms with E-state index in [9.17, 15) is 9.59 Å². The Labute approximate surface area is 176 Å². The van der Waals surface area contributed by atoms with E-state index in [4.69, 9.17) is 9.47 Å². The van der Waals surface area contributed by atoms with Crippen molar-refractivity contribution in [1.29, 1.82) is 0 Å². The highest BCUT2D eigenvalue weighted by molar-refractivity contribution is 6.04. The van der Waals surface area contributed by atoms with Crippen LogP contribution in [0.3, 0.4) is 0 Å². The third-order valence-electron chi connectivity index (χ3n) is 4.42. The Hall–Kier alpha value is -3.60. The first-order valence-corrected chi connectivity index (χ1v) is 9.72. The Kier molecular flexibility index (Phi) is 6.52. The normalized spacial score (nSPS) is 10.9. The van der Waals surface area contributed by atoms with Crippen LogP contribution in [0.25, 0.3) is 0 Å². The van der Waals surface area contributed by atoms with E-state index < -0.39 is 5.97 Å². The average molecular weight is 403 g/mol. The molecule has 0 aliphatic carbocycles. The van der Waals surface area contributed by atoms with E-state index in [1.54, 1.807) is 24.3 Å². The summed E-state index contributed by atoms with van der Waals surface area (Å²) in [7, 11) is 0. The van der Waals surface area contributed by atoms with E-state index in [2.05, 4.69) is 26.1 Å². The highest BCUT2D eigenvalue weighted by Crippen LogP contribution is 2.30. The number of benzene rings is 3. The quantitative estimate of drug-likeness (QED) is 0.453. The van der Waals surface area contributed by atoms with Gasteiger partial charge in [0.2, 0.25) is 0 Å². The number of nitrogens with one attached hydrogen (secondary N) is 1. The first-order valence-electron chi connectivity index (χ1n) is 9.72. The van der Waals surface area contributed by atoms with Crippen molar-refractivity contribution < 1.29 is 19.1 Å². The van der Waals surface area contributed by atoms with Crippen LogP contribution in [-0.2, 0) is 10.2 Å². The van der Waals surface area contributed by atoms with Gasteiger partial charge >= 0.3 is 5.97 Å². The van der Waals surface area contributed by atoms with Gasteiger partial charge in [-0.05, 0) is 53.4 Å². The maximum absolute atomic E-state index is 12.3. The molecule has 0 saturated carbocycles.